The summed E-state index contributed by atoms with van der Waals surface area (Å²) >= 11 is 0. The van der Waals surface area contributed by atoms with Gasteiger partial charge in [-0.1, -0.05) is 18.2 Å². The van der Waals surface area contributed by atoms with Crippen LogP contribution in [0, 0.1) is 6.92 Å². The molecule has 2 aromatic heterocycles. The van der Waals surface area contributed by atoms with Gasteiger partial charge in [0.15, 0.2) is 0 Å². The summed E-state index contributed by atoms with van der Waals surface area (Å²) in [4.78, 5) is 18.4. The Morgan fingerprint density at radius 2 is 2.10 bits per heavy atom. The molecule has 3 aromatic rings. The highest BCUT2D eigenvalue weighted by molar-refractivity contribution is 5.92. The van der Waals surface area contributed by atoms with Gasteiger partial charge in [-0.15, -0.1) is 0 Å². The molecule has 2 aliphatic rings. The average Bonchev–Trinajstić information content (AvgIpc) is 3.46. The molecule has 1 aromatic carbocycles. The summed E-state index contributed by atoms with van der Waals surface area (Å²) in [5.74, 6) is -0.0822. The second-order valence-electron chi connectivity index (χ2n) is 9.10. The Kier molecular flexibility index (Phi) is 5.32. The lowest BCUT2D eigenvalue weighted by molar-refractivity contribution is -0.0764. The van der Waals surface area contributed by atoms with Gasteiger partial charge in [-0.3, -0.25) is 14.4 Å². The Balaban J connectivity index is 1.12. The first kappa shape index (κ1) is 20.3. The molecule has 2 N–H and O–H groups in total. The molecule has 4 heterocycles. The van der Waals surface area contributed by atoms with E-state index >= 15 is 0 Å². The maximum atomic E-state index is 12.5. The predicted molar refractivity (Wildman–Crippen MR) is 120 cm³/mol. The molecule has 0 saturated carbocycles. The number of hydrogen-bond acceptors (Lipinski definition) is 4. The van der Waals surface area contributed by atoms with E-state index in [1.54, 1.807) is 11.7 Å². The number of aromatic nitrogens is 3. The normalized spacial score (nSPS) is 21.2. The number of amides is 1. The number of likely N-dealkylation sites (tertiary alicyclic amines) is 1. The second kappa shape index (κ2) is 8.13. The van der Waals surface area contributed by atoms with E-state index < -0.39 is 0 Å². The van der Waals surface area contributed by atoms with Crippen LogP contribution in [0.2, 0.25) is 0 Å². The van der Waals surface area contributed by atoms with Gasteiger partial charge < -0.3 is 15.0 Å². The van der Waals surface area contributed by atoms with Crippen LogP contribution in [0.4, 0.5) is 0 Å². The molecule has 2 saturated heterocycles. The topological polar surface area (TPSA) is 75.2 Å². The molecule has 7 heteroatoms. The number of hydrogen-bond donors (Lipinski definition) is 2. The van der Waals surface area contributed by atoms with Crippen LogP contribution in [0.1, 0.15) is 47.4 Å². The number of para-hydroxylation sites is 1. The smallest absolute Gasteiger partial charge is 0.269 e. The number of piperidine rings is 1. The van der Waals surface area contributed by atoms with Crippen molar-refractivity contribution in [2.24, 2.45) is 7.05 Å². The van der Waals surface area contributed by atoms with Crippen molar-refractivity contribution in [1.82, 2.24) is 25.0 Å². The Morgan fingerprint density at radius 3 is 2.87 bits per heavy atom. The molecule has 164 valence electrons. The van der Waals surface area contributed by atoms with Crippen molar-refractivity contribution in [1.29, 1.82) is 0 Å². The van der Waals surface area contributed by atoms with E-state index in [0.717, 1.165) is 51.0 Å². The van der Waals surface area contributed by atoms with E-state index in [9.17, 15) is 4.79 Å². The fraction of sp³-hybridized carbons (Fsp3) is 0.500. The van der Waals surface area contributed by atoms with E-state index in [2.05, 4.69) is 50.8 Å². The largest absolute Gasteiger partial charge is 0.370 e. The van der Waals surface area contributed by atoms with E-state index in [1.165, 1.54) is 16.5 Å². The van der Waals surface area contributed by atoms with Crippen LogP contribution in [0.15, 0.2) is 36.5 Å². The third kappa shape index (κ3) is 4.12. The maximum absolute atomic E-state index is 12.5. The summed E-state index contributed by atoms with van der Waals surface area (Å²) < 4.78 is 8.13. The number of nitrogens with zero attached hydrogens (tertiary/aromatic N) is 3. The zero-order valence-corrected chi connectivity index (χ0v) is 18.4. The number of carbonyl (C=O) groups is 1. The SMILES string of the molecule is Cc1cc(C(=O)NCC2CCC3(CCN(Cc4c[nH]c5ccccc45)CC3)O2)n(C)n1. The summed E-state index contributed by atoms with van der Waals surface area (Å²) in [5, 5.41) is 8.60. The van der Waals surface area contributed by atoms with Crippen LogP contribution < -0.4 is 5.32 Å². The highest BCUT2D eigenvalue weighted by atomic mass is 16.5. The van der Waals surface area contributed by atoms with Crippen molar-refractivity contribution >= 4 is 16.8 Å². The number of benzene rings is 1. The molecule has 0 aliphatic carbocycles. The summed E-state index contributed by atoms with van der Waals surface area (Å²) in [6, 6.07) is 10.3. The van der Waals surface area contributed by atoms with E-state index in [1.807, 2.05) is 13.0 Å². The first-order valence-corrected chi connectivity index (χ1v) is 11.3. The van der Waals surface area contributed by atoms with Gasteiger partial charge in [-0.2, -0.15) is 5.10 Å². The molecular weight excluding hydrogens is 390 g/mol. The van der Waals surface area contributed by atoms with Gasteiger partial charge in [-0.25, -0.2) is 0 Å². The van der Waals surface area contributed by atoms with Crippen molar-refractivity contribution in [3.63, 3.8) is 0 Å². The minimum atomic E-state index is -0.0822. The summed E-state index contributed by atoms with van der Waals surface area (Å²) in [6.07, 6.45) is 6.44. The number of rotatable bonds is 5. The van der Waals surface area contributed by atoms with E-state index in [4.69, 9.17) is 4.74 Å². The molecule has 0 bridgehead atoms. The number of nitrogens with one attached hydrogen (secondary N) is 2. The molecule has 0 radical (unpaired) electrons. The molecule has 1 amide bonds. The number of ether oxygens (including phenoxy) is 1. The fourth-order valence-electron chi connectivity index (χ4n) is 5.15. The zero-order chi connectivity index (χ0) is 21.4. The number of fused-ring (bicyclic) bond motifs is 1. The molecule has 2 aliphatic heterocycles. The number of carbonyl (C=O) groups excluding carboxylic acids is 1. The van der Waals surface area contributed by atoms with Crippen LogP contribution in [0.25, 0.3) is 10.9 Å². The number of aromatic amines is 1. The lowest BCUT2D eigenvalue weighted by Gasteiger charge is -2.39. The van der Waals surface area contributed by atoms with E-state index in [-0.39, 0.29) is 17.6 Å². The molecule has 5 rings (SSSR count). The summed E-state index contributed by atoms with van der Waals surface area (Å²) in [6.45, 7) is 5.53. The fourth-order valence-corrected chi connectivity index (χ4v) is 5.15. The Morgan fingerprint density at radius 1 is 1.29 bits per heavy atom. The average molecular weight is 422 g/mol. The molecular formula is C24H31N5O2. The highest BCUT2D eigenvalue weighted by Crippen LogP contribution is 2.39. The summed E-state index contributed by atoms with van der Waals surface area (Å²) in [5.41, 5.74) is 4.00. The maximum Gasteiger partial charge on any atom is 0.269 e. The van der Waals surface area contributed by atoms with Crippen molar-refractivity contribution < 1.29 is 9.53 Å². The zero-order valence-electron chi connectivity index (χ0n) is 18.4. The van der Waals surface area contributed by atoms with Crippen molar-refractivity contribution in [3.8, 4) is 0 Å². The van der Waals surface area contributed by atoms with Crippen LogP contribution >= 0.6 is 0 Å². The first-order valence-electron chi connectivity index (χ1n) is 11.3. The van der Waals surface area contributed by atoms with Crippen molar-refractivity contribution in [2.45, 2.75) is 50.9 Å². The van der Waals surface area contributed by atoms with Crippen LogP contribution in [0.5, 0.6) is 0 Å². The number of aryl methyl sites for hydroxylation is 2. The minimum Gasteiger partial charge on any atom is -0.370 e. The van der Waals surface area contributed by atoms with Crippen molar-refractivity contribution in [2.75, 3.05) is 19.6 Å². The first-order chi connectivity index (χ1) is 15.0. The quantitative estimate of drug-likeness (QED) is 0.664. The predicted octanol–water partition coefficient (Wildman–Crippen LogP) is 3.15. The van der Waals surface area contributed by atoms with Crippen LogP contribution in [-0.4, -0.2) is 56.9 Å². The lowest BCUT2D eigenvalue weighted by Crippen LogP contribution is -2.44. The number of H-pyrrole nitrogens is 1. The van der Waals surface area contributed by atoms with Gasteiger partial charge in [0.05, 0.1) is 17.4 Å². The Hall–Kier alpha value is -2.64. The van der Waals surface area contributed by atoms with Gasteiger partial charge in [0.25, 0.3) is 5.91 Å². The van der Waals surface area contributed by atoms with Gasteiger partial charge >= 0.3 is 0 Å². The Labute approximate surface area is 182 Å². The third-order valence-electron chi connectivity index (χ3n) is 6.90. The van der Waals surface area contributed by atoms with Gasteiger partial charge in [0, 0.05) is 50.3 Å². The van der Waals surface area contributed by atoms with E-state index in [0.29, 0.717) is 12.2 Å². The standard InChI is InChI=1S/C24H31N5O2/c1-17-13-22(28(2)27-17)23(30)26-15-19-7-8-24(31-19)9-11-29(12-10-24)16-18-14-25-21-6-4-3-5-20(18)21/h3-6,13-14,19,25H,7-12,15-16H2,1-2H3,(H,26,30). The third-order valence-corrected chi connectivity index (χ3v) is 6.90. The van der Waals surface area contributed by atoms with Gasteiger partial charge in [-0.05, 0) is 50.3 Å². The van der Waals surface area contributed by atoms with Crippen LogP contribution in [-0.2, 0) is 18.3 Å². The van der Waals surface area contributed by atoms with Gasteiger partial charge in [0.1, 0.15) is 5.69 Å². The Bertz CT molecular complexity index is 1080. The van der Waals surface area contributed by atoms with Crippen LogP contribution in [0.3, 0.4) is 0 Å². The molecule has 7 nitrogen and oxygen atoms in total. The molecule has 1 spiro atoms. The minimum absolute atomic E-state index is 0.0186. The van der Waals surface area contributed by atoms with Gasteiger partial charge in [0.2, 0.25) is 0 Å². The molecule has 1 unspecified atom stereocenters. The molecule has 2 fully saturated rings. The monoisotopic (exact) mass is 421 g/mol. The highest BCUT2D eigenvalue weighted by Gasteiger charge is 2.42. The van der Waals surface area contributed by atoms with Crippen molar-refractivity contribution in [3.05, 3.63) is 53.5 Å². The molecule has 31 heavy (non-hydrogen) atoms. The molecule has 1 atom stereocenters. The second-order valence-corrected chi connectivity index (χ2v) is 9.10. The summed E-state index contributed by atoms with van der Waals surface area (Å²) in [7, 11) is 1.80. The lowest BCUT2D eigenvalue weighted by atomic mass is 9.88.